The molecule has 0 bridgehead atoms. The molecule has 102 valence electrons. The van der Waals surface area contributed by atoms with Gasteiger partial charge in [-0.25, -0.2) is 13.2 Å². The molecule has 1 aromatic carbocycles. The van der Waals surface area contributed by atoms with Gasteiger partial charge in [0.1, 0.15) is 5.82 Å². The summed E-state index contributed by atoms with van der Waals surface area (Å²) < 4.78 is 44.2. The molecule has 2 rings (SSSR count). The Kier molecular flexibility index (Phi) is 3.46. The first kappa shape index (κ1) is 13.4. The van der Waals surface area contributed by atoms with Gasteiger partial charge in [-0.2, -0.15) is 0 Å². The van der Waals surface area contributed by atoms with Crippen LogP contribution in [0.25, 0.3) is 0 Å². The molecule has 0 saturated carbocycles. The van der Waals surface area contributed by atoms with Crippen molar-refractivity contribution in [3.8, 4) is 0 Å². The lowest BCUT2D eigenvalue weighted by Gasteiger charge is -2.17. The zero-order chi connectivity index (χ0) is 14.2. The quantitative estimate of drug-likeness (QED) is 0.607. The molecule has 1 fully saturated rings. The number of nitrogens with zero attached hydrogens (tertiary/aromatic N) is 1. The van der Waals surface area contributed by atoms with E-state index in [-0.39, 0.29) is 13.0 Å². The highest BCUT2D eigenvalue weighted by Crippen LogP contribution is 2.29. The summed E-state index contributed by atoms with van der Waals surface area (Å²) >= 11 is 0. The molecule has 1 amide bonds. The number of methoxy groups -OCH3 is 1. The lowest BCUT2D eigenvalue weighted by Crippen LogP contribution is -2.27. The number of carbonyl (C=O) groups excluding carboxylic acids is 2. The number of benzene rings is 1. The van der Waals surface area contributed by atoms with Gasteiger partial charge in [-0.15, -0.1) is 0 Å². The number of hydrogen-bond acceptors (Lipinski definition) is 3. The van der Waals surface area contributed by atoms with Crippen LogP contribution in [0.3, 0.4) is 0 Å². The minimum absolute atomic E-state index is 0.161. The minimum Gasteiger partial charge on any atom is -0.469 e. The van der Waals surface area contributed by atoms with E-state index in [9.17, 15) is 22.8 Å². The smallest absolute Gasteiger partial charge is 0.311 e. The number of esters is 1. The highest BCUT2D eigenvalue weighted by atomic mass is 19.2. The lowest BCUT2D eigenvalue weighted by molar-refractivity contribution is -0.145. The third-order valence-corrected chi connectivity index (χ3v) is 2.92. The van der Waals surface area contributed by atoms with E-state index < -0.39 is 40.9 Å². The fourth-order valence-corrected chi connectivity index (χ4v) is 2.00. The summed E-state index contributed by atoms with van der Waals surface area (Å²) in [4.78, 5) is 23.8. The first-order chi connectivity index (χ1) is 8.93. The number of ether oxygens (including phenoxy) is 1. The van der Waals surface area contributed by atoms with E-state index >= 15 is 0 Å². The van der Waals surface area contributed by atoms with Crippen LogP contribution in [0.2, 0.25) is 0 Å². The van der Waals surface area contributed by atoms with Crippen molar-refractivity contribution in [3.05, 3.63) is 29.6 Å². The number of hydrogen-bond donors (Lipinski definition) is 0. The molecule has 4 nitrogen and oxygen atoms in total. The van der Waals surface area contributed by atoms with E-state index in [1.807, 2.05) is 0 Å². The summed E-state index contributed by atoms with van der Waals surface area (Å²) in [5.41, 5.74) is -0.506. The second-order valence-electron chi connectivity index (χ2n) is 4.15. The predicted molar refractivity (Wildman–Crippen MR) is 58.8 cm³/mol. The Bertz CT molecular complexity index is 547. The summed E-state index contributed by atoms with van der Waals surface area (Å²) in [5, 5.41) is 0. The molecule has 1 heterocycles. The Balaban J connectivity index is 2.33. The van der Waals surface area contributed by atoms with Gasteiger partial charge in [0, 0.05) is 25.1 Å². The summed E-state index contributed by atoms with van der Waals surface area (Å²) in [6.07, 6.45) is -0.176. The molecule has 1 aromatic rings. The van der Waals surface area contributed by atoms with Crippen molar-refractivity contribution in [1.82, 2.24) is 0 Å². The van der Waals surface area contributed by atoms with Crippen LogP contribution in [0.15, 0.2) is 12.1 Å². The first-order valence-electron chi connectivity index (χ1n) is 5.46. The molecule has 7 heteroatoms. The average Bonchev–Trinajstić information content (AvgIpc) is 2.75. The van der Waals surface area contributed by atoms with Crippen LogP contribution in [0, 0.1) is 23.4 Å². The van der Waals surface area contributed by atoms with Crippen LogP contribution in [0.5, 0.6) is 0 Å². The maximum atomic E-state index is 13.6. The number of halogens is 3. The predicted octanol–water partition coefficient (Wildman–Crippen LogP) is 1.63. The molecule has 1 atom stereocenters. The van der Waals surface area contributed by atoms with E-state index in [2.05, 4.69) is 4.74 Å². The molecular formula is C12H10F3NO3. The van der Waals surface area contributed by atoms with Crippen molar-refractivity contribution < 1.29 is 27.5 Å². The van der Waals surface area contributed by atoms with Crippen LogP contribution in [-0.2, 0) is 14.3 Å². The van der Waals surface area contributed by atoms with E-state index in [0.717, 1.165) is 18.1 Å². The molecule has 0 spiro atoms. The van der Waals surface area contributed by atoms with E-state index in [1.165, 1.54) is 0 Å². The third-order valence-electron chi connectivity index (χ3n) is 2.92. The van der Waals surface area contributed by atoms with Gasteiger partial charge in [0.15, 0.2) is 11.6 Å². The molecule has 1 unspecified atom stereocenters. The van der Waals surface area contributed by atoms with E-state index in [4.69, 9.17) is 0 Å². The normalized spacial score (nSPS) is 18.8. The Hall–Kier alpha value is -2.05. The number of amides is 1. The van der Waals surface area contributed by atoms with Gasteiger partial charge < -0.3 is 9.64 Å². The summed E-state index contributed by atoms with van der Waals surface area (Å²) in [7, 11) is 1.16. The van der Waals surface area contributed by atoms with Gasteiger partial charge in [-0.1, -0.05) is 0 Å². The molecule has 19 heavy (non-hydrogen) atoms. The Morgan fingerprint density at radius 3 is 2.68 bits per heavy atom. The zero-order valence-electron chi connectivity index (χ0n) is 9.95. The maximum absolute atomic E-state index is 13.6. The van der Waals surface area contributed by atoms with Gasteiger partial charge >= 0.3 is 5.97 Å². The van der Waals surface area contributed by atoms with Crippen LogP contribution in [0.4, 0.5) is 18.9 Å². The number of carbonyl (C=O) groups is 2. The molecule has 1 aliphatic heterocycles. The fraction of sp³-hybridized carbons (Fsp3) is 0.333. The molecule has 0 radical (unpaired) electrons. The van der Waals surface area contributed by atoms with Gasteiger partial charge in [-0.05, 0) is 0 Å². The molecule has 0 aromatic heterocycles. The molecule has 1 saturated heterocycles. The zero-order valence-corrected chi connectivity index (χ0v) is 9.95. The summed E-state index contributed by atoms with van der Waals surface area (Å²) in [6, 6.07) is 1.10. The average molecular weight is 273 g/mol. The Morgan fingerprint density at radius 1 is 1.37 bits per heavy atom. The first-order valence-corrected chi connectivity index (χ1v) is 5.46. The molecule has 0 aliphatic carbocycles. The molecule has 0 N–H and O–H groups in total. The second-order valence-corrected chi connectivity index (χ2v) is 4.15. The van der Waals surface area contributed by atoms with Crippen molar-refractivity contribution in [3.63, 3.8) is 0 Å². The standard InChI is InChI=1S/C12H10F3NO3/c1-19-12(18)6-2-10(17)16(5-6)9-4-7(13)3-8(14)11(9)15/h3-4,6H,2,5H2,1H3. The van der Waals surface area contributed by atoms with E-state index in [0.29, 0.717) is 6.07 Å². The molecule has 1 aliphatic rings. The van der Waals surface area contributed by atoms with Crippen molar-refractivity contribution in [2.24, 2.45) is 5.92 Å². The van der Waals surface area contributed by atoms with Crippen molar-refractivity contribution in [1.29, 1.82) is 0 Å². The molecular weight excluding hydrogens is 263 g/mol. The maximum Gasteiger partial charge on any atom is 0.311 e. The number of anilines is 1. The highest BCUT2D eigenvalue weighted by Gasteiger charge is 2.37. The highest BCUT2D eigenvalue weighted by molar-refractivity contribution is 5.99. The summed E-state index contributed by atoms with van der Waals surface area (Å²) in [5.74, 6) is -5.66. The Labute approximate surface area is 106 Å². The van der Waals surface area contributed by atoms with Crippen molar-refractivity contribution in [2.75, 3.05) is 18.6 Å². The van der Waals surface area contributed by atoms with Gasteiger partial charge in [-0.3, -0.25) is 9.59 Å². The minimum atomic E-state index is -1.38. The summed E-state index contributed by atoms with van der Waals surface area (Å²) in [6.45, 7) is -0.161. The number of rotatable bonds is 2. The largest absolute Gasteiger partial charge is 0.469 e. The topological polar surface area (TPSA) is 46.6 Å². The monoisotopic (exact) mass is 273 g/mol. The lowest BCUT2D eigenvalue weighted by atomic mass is 10.1. The van der Waals surface area contributed by atoms with E-state index in [1.54, 1.807) is 0 Å². The Morgan fingerprint density at radius 2 is 2.05 bits per heavy atom. The fourth-order valence-electron chi connectivity index (χ4n) is 2.00. The van der Waals surface area contributed by atoms with Gasteiger partial charge in [0.25, 0.3) is 0 Å². The van der Waals surface area contributed by atoms with Gasteiger partial charge in [0.2, 0.25) is 5.91 Å². The van der Waals surface area contributed by atoms with Crippen molar-refractivity contribution in [2.45, 2.75) is 6.42 Å². The van der Waals surface area contributed by atoms with Crippen LogP contribution < -0.4 is 4.90 Å². The van der Waals surface area contributed by atoms with Gasteiger partial charge in [0.05, 0.1) is 18.7 Å². The second kappa shape index (κ2) is 4.91. The van der Waals surface area contributed by atoms with Crippen molar-refractivity contribution >= 4 is 17.6 Å². The van der Waals surface area contributed by atoms with Crippen LogP contribution >= 0.6 is 0 Å². The third kappa shape index (κ3) is 2.40. The SMILES string of the molecule is COC(=O)C1CC(=O)N(c2cc(F)cc(F)c2F)C1. The van der Waals surface area contributed by atoms with Crippen LogP contribution in [-0.4, -0.2) is 25.5 Å². The van der Waals surface area contributed by atoms with Crippen LogP contribution in [0.1, 0.15) is 6.42 Å².